The zero-order chi connectivity index (χ0) is 13.0. The number of hydrogen-bond donors (Lipinski definition) is 1. The van der Waals surface area contributed by atoms with Crippen molar-refractivity contribution in [3.8, 4) is 11.5 Å². The lowest BCUT2D eigenvalue weighted by atomic mass is 10.0. The van der Waals surface area contributed by atoms with Crippen LogP contribution in [0.4, 0.5) is 0 Å². The maximum absolute atomic E-state index is 5.75. The van der Waals surface area contributed by atoms with Crippen LogP contribution in [0.25, 0.3) is 0 Å². The van der Waals surface area contributed by atoms with E-state index in [0.29, 0.717) is 19.0 Å². The molecule has 0 unspecified atom stereocenters. The maximum Gasteiger partial charge on any atom is 0.207 e. The van der Waals surface area contributed by atoms with Gasteiger partial charge in [-0.2, -0.15) is 0 Å². The first-order valence-electron chi connectivity index (χ1n) is 5.96. The maximum atomic E-state index is 5.75. The number of ether oxygens (including phenoxy) is 4. The molecule has 0 spiro atoms. The summed E-state index contributed by atoms with van der Waals surface area (Å²) in [5, 5.41) is 0. The average Bonchev–Trinajstić information content (AvgIpc) is 2.66. The van der Waals surface area contributed by atoms with Crippen LogP contribution < -0.4 is 15.2 Å². The third-order valence-electron chi connectivity index (χ3n) is 3.12. The second-order valence-electron chi connectivity index (χ2n) is 4.08. The Morgan fingerprint density at radius 1 is 1.17 bits per heavy atom. The summed E-state index contributed by atoms with van der Waals surface area (Å²) in [6, 6.07) is 5.60. The molecule has 0 bridgehead atoms. The molecule has 1 aromatic rings. The highest BCUT2D eigenvalue weighted by Gasteiger charge is 2.31. The van der Waals surface area contributed by atoms with Crippen LogP contribution in [-0.4, -0.2) is 34.0 Å². The van der Waals surface area contributed by atoms with E-state index >= 15 is 0 Å². The third-order valence-corrected chi connectivity index (χ3v) is 3.12. The van der Waals surface area contributed by atoms with Crippen molar-refractivity contribution in [3.63, 3.8) is 0 Å². The molecule has 100 valence electrons. The molecule has 0 saturated carbocycles. The fraction of sp³-hybridized carbons (Fsp3) is 0.538. The van der Waals surface area contributed by atoms with E-state index in [-0.39, 0.29) is 6.54 Å². The van der Waals surface area contributed by atoms with Crippen LogP contribution in [0.3, 0.4) is 0 Å². The van der Waals surface area contributed by atoms with Gasteiger partial charge in [-0.25, -0.2) is 0 Å². The Bertz CT molecular complexity index is 396. The molecule has 5 heteroatoms. The number of rotatable bonds is 4. The smallest absolute Gasteiger partial charge is 0.207 e. The molecule has 5 nitrogen and oxygen atoms in total. The normalized spacial score (nSPS) is 15.3. The second-order valence-corrected chi connectivity index (χ2v) is 4.08. The van der Waals surface area contributed by atoms with Crippen molar-refractivity contribution in [3.05, 3.63) is 23.8 Å². The first kappa shape index (κ1) is 13.1. The molecule has 0 atom stereocenters. The third kappa shape index (κ3) is 2.29. The van der Waals surface area contributed by atoms with Gasteiger partial charge in [-0.15, -0.1) is 0 Å². The summed E-state index contributed by atoms with van der Waals surface area (Å²) in [4.78, 5) is 0. The first-order valence-corrected chi connectivity index (χ1v) is 5.96. The molecule has 1 heterocycles. The highest BCUT2D eigenvalue weighted by molar-refractivity contribution is 5.44. The molecule has 0 aromatic heterocycles. The highest BCUT2D eigenvalue weighted by atomic mass is 16.7. The summed E-state index contributed by atoms with van der Waals surface area (Å²) in [5.74, 6) is 0.510. The molecule has 2 rings (SSSR count). The van der Waals surface area contributed by atoms with E-state index in [2.05, 4.69) is 0 Å². The molecule has 1 aliphatic heterocycles. The summed E-state index contributed by atoms with van der Waals surface area (Å²) in [6.07, 6.45) is 0.876. The van der Waals surface area contributed by atoms with Crippen LogP contribution in [-0.2, 0) is 15.3 Å². The van der Waals surface area contributed by atoms with E-state index in [1.807, 2.05) is 18.2 Å². The molecule has 0 radical (unpaired) electrons. The Morgan fingerprint density at radius 2 is 1.83 bits per heavy atom. The molecule has 0 saturated heterocycles. The van der Waals surface area contributed by atoms with Gasteiger partial charge in [-0.3, -0.25) is 0 Å². The number of hydrogen-bond acceptors (Lipinski definition) is 5. The van der Waals surface area contributed by atoms with E-state index in [1.165, 1.54) is 0 Å². The summed E-state index contributed by atoms with van der Waals surface area (Å²) in [6.45, 7) is 1.54. The first-order chi connectivity index (χ1) is 8.75. The van der Waals surface area contributed by atoms with Gasteiger partial charge in [-0.05, 0) is 18.2 Å². The predicted octanol–water partition coefficient (Wildman–Crippen LogP) is 1.25. The van der Waals surface area contributed by atoms with Crippen molar-refractivity contribution in [2.24, 2.45) is 5.73 Å². The molecule has 1 aromatic carbocycles. The predicted molar refractivity (Wildman–Crippen MR) is 66.8 cm³/mol. The van der Waals surface area contributed by atoms with Crippen LogP contribution in [0, 0.1) is 0 Å². The molecule has 0 aliphatic carbocycles. The lowest BCUT2D eigenvalue weighted by Crippen LogP contribution is -2.38. The van der Waals surface area contributed by atoms with Crippen molar-refractivity contribution in [2.75, 3.05) is 34.0 Å². The minimum absolute atomic E-state index is 0.222. The standard InChI is InChI=1S/C13H19NO4/c1-15-13(9-14,16-2)10-4-5-11-12(8-10)18-7-3-6-17-11/h4-5,8H,3,6-7,9,14H2,1-2H3. The SMILES string of the molecule is COC(CN)(OC)c1ccc2c(c1)OCCCO2. The monoisotopic (exact) mass is 253 g/mol. The molecular formula is C13H19NO4. The summed E-state index contributed by atoms with van der Waals surface area (Å²) < 4.78 is 22.0. The Hall–Kier alpha value is -1.30. The van der Waals surface area contributed by atoms with Gasteiger partial charge in [0, 0.05) is 26.2 Å². The van der Waals surface area contributed by atoms with Crippen LogP contribution >= 0.6 is 0 Å². The van der Waals surface area contributed by atoms with Gasteiger partial charge < -0.3 is 24.7 Å². The lowest BCUT2D eigenvalue weighted by molar-refractivity contribution is -0.208. The Kier molecular flexibility index (Phi) is 4.06. The van der Waals surface area contributed by atoms with Crippen LogP contribution in [0.2, 0.25) is 0 Å². The number of benzene rings is 1. The van der Waals surface area contributed by atoms with E-state index in [9.17, 15) is 0 Å². The van der Waals surface area contributed by atoms with Gasteiger partial charge in [0.2, 0.25) is 5.79 Å². The molecule has 1 aliphatic rings. The largest absolute Gasteiger partial charge is 0.490 e. The highest BCUT2D eigenvalue weighted by Crippen LogP contribution is 2.35. The molecular weight excluding hydrogens is 234 g/mol. The number of fused-ring (bicyclic) bond motifs is 1. The zero-order valence-corrected chi connectivity index (χ0v) is 10.8. The fourth-order valence-electron chi connectivity index (χ4n) is 2.00. The van der Waals surface area contributed by atoms with E-state index in [1.54, 1.807) is 14.2 Å². The Labute approximate surface area is 107 Å². The van der Waals surface area contributed by atoms with Gasteiger partial charge in [0.25, 0.3) is 0 Å². The minimum atomic E-state index is -0.940. The Balaban J connectivity index is 2.37. The van der Waals surface area contributed by atoms with E-state index in [4.69, 9.17) is 24.7 Å². The lowest BCUT2D eigenvalue weighted by Gasteiger charge is -2.30. The van der Waals surface area contributed by atoms with E-state index in [0.717, 1.165) is 17.7 Å². The molecule has 2 N–H and O–H groups in total. The summed E-state index contributed by atoms with van der Waals surface area (Å²) in [7, 11) is 3.14. The van der Waals surface area contributed by atoms with Crippen molar-refractivity contribution in [1.29, 1.82) is 0 Å². The fourth-order valence-corrected chi connectivity index (χ4v) is 2.00. The number of methoxy groups -OCH3 is 2. The molecule has 18 heavy (non-hydrogen) atoms. The van der Waals surface area contributed by atoms with Crippen LogP contribution in [0.5, 0.6) is 11.5 Å². The second kappa shape index (κ2) is 5.56. The minimum Gasteiger partial charge on any atom is -0.490 e. The van der Waals surface area contributed by atoms with Gasteiger partial charge in [-0.1, -0.05) is 0 Å². The van der Waals surface area contributed by atoms with Crippen LogP contribution in [0.1, 0.15) is 12.0 Å². The zero-order valence-electron chi connectivity index (χ0n) is 10.8. The van der Waals surface area contributed by atoms with Gasteiger partial charge in [0.05, 0.1) is 19.8 Å². The summed E-state index contributed by atoms with van der Waals surface area (Å²) >= 11 is 0. The van der Waals surface area contributed by atoms with Crippen molar-refractivity contribution in [1.82, 2.24) is 0 Å². The van der Waals surface area contributed by atoms with Gasteiger partial charge >= 0.3 is 0 Å². The van der Waals surface area contributed by atoms with Crippen molar-refractivity contribution < 1.29 is 18.9 Å². The topological polar surface area (TPSA) is 62.9 Å². The van der Waals surface area contributed by atoms with Gasteiger partial charge in [0.15, 0.2) is 11.5 Å². The van der Waals surface area contributed by atoms with E-state index < -0.39 is 5.79 Å². The number of nitrogens with two attached hydrogens (primary N) is 1. The van der Waals surface area contributed by atoms with Gasteiger partial charge in [0.1, 0.15) is 0 Å². The molecule has 0 amide bonds. The average molecular weight is 253 g/mol. The van der Waals surface area contributed by atoms with Crippen LogP contribution in [0.15, 0.2) is 18.2 Å². The quantitative estimate of drug-likeness (QED) is 0.818. The Morgan fingerprint density at radius 3 is 2.44 bits per heavy atom. The van der Waals surface area contributed by atoms with Crippen molar-refractivity contribution >= 4 is 0 Å². The summed E-state index contributed by atoms with van der Waals surface area (Å²) in [5.41, 5.74) is 6.56. The van der Waals surface area contributed by atoms with Crippen molar-refractivity contribution in [2.45, 2.75) is 12.2 Å². The molecule has 0 fully saturated rings.